The predicted octanol–water partition coefficient (Wildman–Crippen LogP) is 5.13. The summed E-state index contributed by atoms with van der Waals surface area (Å²) in [7, 11) is 1.72. The number of amides is 1. The first kappa shape index (κ1) is 24.1. The average molecular weight is 498 g/mol. The first-order chi connectivity index (χ1) is 17.3. The van der Waals surface area contributed by atoms with Gasteiger partial charge >= 0.3 is 0 Å². The van der Waals surface area contributed by atoms with Gasteiger partial charge in [0.2, 0.25) is 5.91 Å². The summed E-state index contributed by atoms with van der Waals surface area (Å²) in [4.78, 5) is 23.6. The predicted molar refractivity (Wildman–Crippen MR) is 146 cm³/mol. The van der Waals surface area contributed by atoms with Gasteiger partial charge in [-0.1, -0.05) is 29.8 Å². The zero-order valence-corrected chi connectivity index (χ0v) is 21.8. The smallest absolute Gasteiger partial charge is 0.235 e. The standard InChI is InChI=1S/C29H31N5OS/c1-19-7-9-24(10-8-19)34-13-11-21(12-14-34)26-27(35)33(3)28(31)32-29(26,2)25-16-23(18-36-25)22-6-4-5-20(15-22)17-30/h4-10,15-16,18,21,26H,11-14H2,1-3H3,(H2,31,32)/t26-,29-/m1/s1. The number of aryl methyl sites for hydroxylation is 1. The fourth-order valence-electron chi connectivity index (χ4n) is 5.58. The molecule has 1 saturated heterocycles. The summed E-state index contributed by atoms with van der Waals surface area (Å²) < 4.78 is 0. The van der Waals surface area contributed by atoms with E-state index in [2.05, 4.69) is 60.5 Å². The number of guanidine groups is 1. The molecule has 0 spiro atoms. The van der Waals surface area contributed by atoms with Crippen molar-refractivity contribution in [3.05, 3.63) is 76.0 Å². The van der Waals surface area contributed by atoms with E-state index in [0.717, 1.165) is 41.9 Å². The van der Waals surface area contributed by atoms with Crippen LogP contribution in [0, 0.1) is 30.1 Å². The third-order valence-electron chi connectivity index (χ3n) is 7.73. The van der Waals surface area contributed by atoms with Crippen molar-refractivity contribution < 1.29 is 4.79 Å². The van der Waals surface area contributed by atoms with Crippen LogP contribution >= 0.6 is 11.3 Å². The molecule has 0 bridgehead atoms. The van der Waals surface area contributed by atoms with E-state index in [0.29, 0.717) is 5.56 Å². The summed E-state index contributed by atoms with van der Waals surface area (Å²) in [6.45, 7) is 5.98. The molecule has 2 aliphatic heterocycles. The van der Waals surface area contributed by atoms with Gasteiger partial charge in [0.15, 0.2) is 5.96 Å². The number of carbonyl (C=O) groups excluding carboxylic acids is 1. The number of nitrogens with two attached hydrogens (primary N) is 1. The Morgan fingerprint density at radius 1 is 1.11 bits per heavy atom. The molecule has 0 saturated carbocycles. The minimum atomic E-state index is -0.736. The fourth-order valence-corrected chi connectivity index (χ4v) is 6.65. The van der Waals surface area contributed by atoms with Crippen LogP contribution in [0.2, 0.25) is 0 Å². The Hall–Kier alpha value is -3.63. The van der Waals surface area contributed by atoms with E-state index < -0.39 is 5.54 Å². The lowest BCUT2D eigenvalue weighted by molar-refractivity contribution is -0.136. The van der Waals surface area contributed by atoms with Gasteiger partial charge < -0.3 is 10.6 Å². The molecule has 0 radical (unpaired) electrons. The Morgan fingerprint density at radius 2 is 1.83 bits per heavy atom. The van der Waals surface area contributed by atoms with E-state index >= 15 is 0 Å². The largest absolute Gasteiger partial charge is 0.372 e. The van der Waals surface area contributed by atoms with Crippen LogP contribution in [0.1, 0.15) is 35.8 Å². The Balaban J connectivity index is 1.45. The lowest BCUT2D eigenvalue weighted by Gasteiger charge is -2.46. The fraction of sp³-hybridized carbons (Fsp3) is 0.345. The summed E-state index contributed by atoms with van der Waals surface area (Å²) in [5.74, 6) is 0.223. The highest BCUT2D eigenvalue weighted by Crippen LogP contribution is 2.47. The van der Waals surface area contributed by atoms with Crippen LogP contribution in [0.4, 0.5) is 5.69 Å². The van der Waals surface area contributed by atoms with Crippen molar-refractivity contribution in [3.8, 4) is 17.2 Å². The molecule has 2 aromatic carbocycles. The molecule has 3 heterocycles. The van der Waals surface area contributed by atoms with Crippen molar-refractivity contribution in [1.29, 1.82) is 5.26 Å². The molecular weight excluding hydrogens is 466 g/mol. The molecule has 0 unspecified atom stereocenters. The maximum absolute atomic E-state index is 13.7. The number of benzene rings is 2. The summed E-state index contributed by atoms with van der Waals surface area (Å²) in [5, 5.41) is 11.4. The Bertz CT molecular complexity index is 1350. The van der Waals surface area contributed by atoms with E-state index in [9.17, 15) is 10.1 Å². The SMILES string of the molecule is Cc1ccc(N2CCC([C@@H]3C(=O)N(C)C(N)=N[C@]3(C)c3cc(-c4cccc(C#N)c4)cs3)CC2)cc1. The topological polar surface area (TPSA) is 85.7 Å². The van der Waals surface area contributed by atoms with Gasteiger partial charge in [0.05, 0.1) is 17.6 Å². The first-order valence-electron chi connectivity index (χ1n) is 12.3. The molecule has 184 valence electrons. The maximum atomic E-state index is 13.7. The van der Waals surface area contributed by atoms with Crippen LogP contribution < -0.4 is 10.6 Å². The number of carbonyl (C=O) groups is 1. The van der Waals surface area contributed by atoms with E-state index in [-0.39, 0.29) is 23.7 Å². The highest BCUT2D eigenvalue weighted by Gasteiger charge is 2.51. The van der Waals surface area contributed by atoms with Crippen molar-refractivity contribution in [3.63, 3.8) is 0 Å². The molecular formula is C29H31N5OS. The van der Waals surface area contributed by atoms with Crippen molar-refractivity contribution in [2.45, 2.75) is 32.2 Å². The second kappa shape index (κ2) is 9.44. The van der Waals surface area contributed by atoms with Crippen LogP contribution in [0.15, 0.2) is 65.0 Å². The molecule has 1 fully saturated rings. The third kappa shape index (κ3) is 4.27. The van der Waals surface area contributed by atoms with Crippen molar-refractivity contribution >= 4 is 28.9 Å². The van der Waals surface area contributed by atoms with Crippen LogP contribution in [0.25, 0.3) is 11.1 Å². The number of nitrogens with zero attached hydrogens (tertiary/aromatic N) is 4. The van der Waals surface area contributed by atoms with E-state index in [4.69, 9.17) is 10.7 Å². The number of anilines is 1. The molecule has 3 aromatic rings. The molecule has 0 aliphatic carbocycles. The second-order valence-electron chi connectivity index (χ2n) is 10.0. The van der Waals surface area contributed by atoms with Crippen molar-refractivity contribution in [2.24, 2.45) is 22.6 Å². The minimum absolute atomic E-state index is 0.0419. The van der Waals surface area contributed by atoms with Crippen LogP contribution in [-0.4, -0.2) is 36.9 Å². The molecule has 2 aliphatic rings. The lowest BCUT2D eigenvalue weighted by atomic mass is 9.70. The molecule has 7 heteroatoms. The van der Waals surface area contributed by atoms with Gasteiger partial charge in [0, 0.05) is 30.7 Å². The van der Waals surface area contributed by atoms with Gasteiger partial charge in [-0.2, -0.15) is 5.26 Å². The van der Waals surface area contributed by atoms with Crippen LogP contribution in [0.3, 0.4) is 0 Å². The maximum Gasteiger partial charge on any atom is 0.235 e. The van der Waals surface area contributed by atoms with Gasteiger partial charge in [0.1, 0.15) is 5.54 Å². The normalized spacial score (nSPS) is 22.9. The number of thiophene rings is 1. The summed E-state index contributed by atoms with van der Waals surface area (Å²) in [6.07, 6.45) is 1.84. The summed E-state index contributed by atoms with van der Waals surface area (Å²) in [6, 6.07) is 20.6. The molecule has 1 amide bonds. The van der Waals surface area contributed by atoms with Crippen molar-refractivity contribution in [2.75, 3.05) is 25.0 Å². The van der Waals surface area contributed by atoms with Crippen LogP contribution in [0.5, 0.6) is 0 Å². The zero-order valence-electron chi connectivity index (χ0n) is 20.9. The van der Waals surface area contributed by atoms with Gasteiger partial charge in [-0.25, -0.2) is 4.99 Å². The molecule has 6 nitrogen and oxygen atoms in total. The summed E-state index contributed by atoms with van der Waals surface area (Å²) in [5.41, 5.74) is 10.6. The number of rotatable bonds is 4. The number of hydrogen-bond donors (Lipinski definition) is 1. The molecule has 2 atom stereocenters. The second-order valence-corrected chi connectivity index (χ2v) is 11.0. The lowest BCUT2D eigenvalue weighted by Crippen LogP contribution is -2.56. The van der Waals surface area contributed by atoms with Gasteiger partial charge in [-0.3, -0.25) is 9.69 Å². The van der Waals surface area contributed by atoms with Gasteiger partial charge in [-0.15, -0.1) is 11.3 Å². The minimum Gasteiger partial charge on any atom is -0.372 e. The number of nitriles is 1. The highest BCUT2D eigenvalue weighted by atomic mass is 32.1. The Morgan fingerprint density at radius 3 is 2.53 bits per heavy atom. The first-order valence-corrected chi connectivity index (χ1v) is 13.2. The molecule has 2 N–H and O–H groups in total. The summed E-state index contributed by atoms with van der Waals surface area (Å²) >= 11 is 1.61. The van der Waals surface area contributed by atoms with Crippen LogP contribution in [-0.2, 0) is 10.3 Å². The van der Waals surface area contributed by atoms with Gasteiger partial charge in [0.25, 0.3) is 0 Å². The monoisotopic (exact) mass is 497 g/mol. The number of piperidine rings is 1. The van der Waals surface area contributed by atoms with Crippen molar-refractivity contribution in [1.82, 2.24) is 4.90 Å². The van der Waals surface area contributed by atoms with E-state index in [1.165, 1.54) is 16.2 Å². The molecule has 1 aromatic heterocycles. The third-order valence-corrected chi connectivity index (χ3v) is 8.88. The molecule has 5 rings (SSSR count). The Kier molecular flexibility index (Phi) is 6.31. The number of hydrogen-bond acceptors (Lipinski definition) is 6. The average Bonchev–Trinajstić information content (AvgIpc) is 3.40. The Labute approximate surface area is 216 Å². The zero-order chi connectivity index (χ0) is 25.4. The quantitative estimate of drug-likeness (QED) is 0.541. The number of aliphatic imine (C=N–C) groups is 1. The molecule has 36 heavy (non-hydrogen) atoms. The van der Waals surface area contributed by atoms with E-state index in [1.807, 2.05) is 18.2 Å². The van der Waals surface area contributed by atoms with Gasteiger partial charge in [-0.05, 0) is 79.4 Å². The van der Waals surface area contributed by atoms with E-state index in [1.54, 1.807) is 24.5 Å². The highest BCUT2D eigenvalue weighted by molar-refractivity contribution is 7.10.